The lowest BCUT2D eigenvalue weighted by Crippen LogP contribution is -2.30. The molecule has 0 rings (SSSR count). The van der Waals surface area contributed by atoms with Crippen molar-refractivity contribution in [3.63, 3.8) is 0 Å². The van der Waals surface area contributed by atoms with E-state index in [9.17, 15) is 14.4 Å². The van der Waals surface area contributed by atoms with Crippen molar-refractivity contribution in [2.75, 3.05) is 13.2 Å². The second-order valence-corrected chi connectivity index (χ2v) is 17.7. The third kappa shape index (κ3) is 51.3. The summed E-state index contributed by atoms with van der Waals surface area (Å²) in [6.45, 7) is 6.41. The Labute approximate surface area is 407 Å². The van der Waals surface area contributed by atoms with Crippen molar-refractivity contribution in [2.45, 2.75) is 252 Å². The summed E-state index contributed by atoms with van der Waals surface area (Å²) in [7, 11) is 0. The maximum absolute atomic E-state index is 12.8. The minimum absolute atomic E-state index is 0.114. The van der Waals surface area contributed by atoms with Crippen LogP contribution in [0.4, 0.5) is 0 Å². The molecule has 0 radical (unpaired) electrons. The van der Waals surface area contributed by atoms with Gasteiger partial charge < -0.3 is 14.2 Å². The fourth-order valence-electron chi connectivity index (χ4n) is 7.21. The van der Waals surface area contributed by atoms with Crippen molar-refractivity contribution >= 4 is 17.9 Å². The molecule has 0 aromatic rings. The van der Waals surface area contributed by atoms with E-state index in [0.29, 0.717) is 25.7 Å². The molecule has 0 saturated carbocycles. The van der Waals surface area contributed by atoms with E-state index in [2.05, 4.69) is 118 Å². The van der Waals surface area contributed by atoms with E-state index in [-0.39, 0.29) is 37.5 Å². The molecule has 0 aromatic carbocycles. The smallest absolute Gasteiger partial charge is 0.306 e. The molecule has 1 atom stereocenters. The molecule has 0 spiro atoms. The molecule has 6 nitrogen and oxygen atoms in total. The van der Waals surface area contributed by atoms with E-state index in [1.54, 1.807) is 0 Å². The van der Waals surface area contributed by atoms with Crippen LogP contribution in [0.5, 0.6) is 0 Å². The molecular weight excluding hydrogens is 817 g/mol. The van der Waals surface area contributed by atoms with Crippen LogP contribution in [-0.2, 0) is 28.6 Å². The second kappa shape index (κ2) is 53.9. The molecule has 6 heteroatoms. The number of allylic oxidation sites excluding steroid dienone is 16. The van der Waals surface area contributed by atoms with Gasteiger partial charge in [0.05, 0.1) is 0 Å². The first kappa shape index (κ1) is 62.3. The van der Waals surface area contributed by atoms with Crippen molar-refractivity contribution in [3.8, 4) is 0 Å². The van der Waals surface area contributed by atoms with Gasteiger partial charge in [0, 0.05) is 19.3 Å². The van der Waals surface area contributed by atoms with Crippen LogP contribution in [0.3, 0.4) is 0 Å². The normalized spacial score (nSPS) is 12.8. The van der Waals surface area contributed by atoms with Gasteiger partial charge in [0.15, 0.2) is 6.10 Å². The highest BCUT2D eigenvalue weighted by Crippen LogP contribution is 2.13. The third-order valence-electron chi connectivity index (χ3n) is 11.3. The number of rotatable bonds is 48. The molecule has 0 aliphatic carbocycles. The molecule has 66 heavy (non-hydrogen) atoms. The average Bonchev–Trinajstić information content (AvgIpc) is 3.31. The van der Waals surface area contributed by atoms with Crippen LogP contribution in [0.15, 0.2) is 97.2 Å². The fraction of sp³-hybridized carbons (Fsp3) is 0.683. The van der Waals surface area contributed by atoms with Gasteiger partial charge in [-0.15, -0.1) is 0 Å². The molecule has 0 aliphatic heterocycles. The minimum atomic E-state index is -0.824. The van der Waals surface area contributed by atoms with E-state index in [1.165, 1.54) is 116 Å². The van der Waals surface area contributed by atoms with Crippen LogP contribution in [0.2, 0.25) is 0 Å². The summed E-state index contributed by atoms with van der Waals surface area (Å²) in [5, 5.41) is 0. The van der Waals surface area contributed by atoms with Crippen molar-refractivity contribution in [1.29, 1.82) is 0 Å². The number of ether oxygens (including phenoxy) is 3. The lowest BCUT2D eigenvalue weighted by atomic mass is 10.1. The first-order chi connectivity index (χ1) is 32.5. The van der Waals surface area contributed by atoms with Gasteiger partial charge >= 0.3 is 17.9 Å². The van der Waals surface area contributed by atoms with Gasteiger partial charge in [-0.2, -0.15) is 0 Å². The minimum Gasteiger partial charge on any atom is -0.462 e. The van der Waals surface area contributed by atoms with Gasteiger partial charge in [-0.05, 0) is 116 Å². The van der Waals surface area contributed by atoms with Crippen LogP contribution in [0.25, 0.3) is 0 Å². The van der Waals surface area contributed by atoms with E-state index in [4.69, 9.17) is 14.2 Å². The first-order valence-corrected chi connectivity index (χ1v) is 27.2. The number of esters is 3. The predicted octanol–water partition coefficient (Wildman–Crippen LogP) is 18.1. The SMILES string of the molecule is CC/C=C\C/C=C\C/C=C\CCCCC(=O)OCC(COC(=O)CCCCCCCCC/C=C\CCCCCCCCCC)OC(=O)CCC/C=C\C/C=C\C/C=C\C/C=C\CCCCC. The number of carbonyl (C=O) groups excluding carboxylic acids is 3. The Balaban J connectivity index is 4.48. The summed E-state index contributed by atoms with van der Waals surface area (Å²) in [6, 6.07) is 0. The van der Waals surface area contributed by atoms with Crippen LogP contribution in [0, 0.1) is 0 Å². The zero-order valence-electron chi connectivity index (χ0n) is 42.9. The van der Waals surface area contributed by atoms with Crippen LogP contribution in [0.1, 0.15) is 245 Å². The molecule has 0 bridgehead atoms. The zero-order valence-corrected chi connectivity index (χ0v) is 42.9. The van der Waals surface area contributed by atoms with Crippen molar-refractivity contribution in [2.24, 2.45) is 0 Å². The number of hydrogen-bond acceptors (Lipinski definition) is 6. The molecule has 0 aromatic heterocycles. The lowest BCUT2D eigenvalue weighted by Gasteiger charge is -2.18. The monoisotopic (exact) mass is 917 g/mol. The molecule has 1 unspecified atom stereocenters. The molecule has 0 amide bonds. The highest BCUT2D eigenvalue weighted by molar-refractivity contribution is 5.71. The van der Waals surface area contributed by atoms with E-state index < -0.39 is 6.10 Å². The van der Waals surface area contributed by atoms with Gasteiger partial charge in [0.2, 0.25) is 0 Å². The summed E-state index contributed by atoms with van der Waals surface area (Å²) < 4.78 is 16.7. The molecule has 0 heterocycles. The van der Waals surface area contributed by atoms with Gasteiger partial charge in [0.25, 0.3) is 0 Å². The van der Waals surface area contributed by atoms with Crippen molar-refractivity contribution in [3.05, 3.63) is 97.2 Å². The van der Waals surface area contributed by atoms with Gasteiger partial charge in [0.1, 0.15) is 13.2 Å². The Hall–Kier alpha value is -3.67. The van der Waals surface area contributed by atoms with E-state index >= 15 is 0 Å². The van der Waals surface area contributed by atoms with Gasteiger partial charge in [-0.1, -0.05) is 208 Å². The third-order valence-corrected chi connectivity index (χ3v) is 11.3. The summed E-state index contributed by atoms with van der Waals surface area (Å²) in [5.41, 5.74) is 0. The second-order valence-electron chi connectivity index (χ2n) is 17.7. The Kier molecular flexibility index (Phi) is 50.9. The fourth-order valence-corrected chi connectivity index (χ4v) is 7.21. The topological polar surface area (TPSA) is 78.9 Å². The van der Waals surface area contributed by atoms with E-state index in [0.717, 1.165) is 77.0 Å². The van der Waals surface area contributed by atoms with Crippen molar-refractivity contribution < 1.29 is 28.6 Å². The summed E-state index contributed by atoms with van der Waals surface area (Å²) >= 11 is 0. The molecule has 376 valence electrons. The Morgan fingerprint density at radius 3 is 1.05 bits per heavy atom. The molecule has 0 fully saturated rings. The molecule has 0 N–H and O–H groups in total. The highest BCUT2D eigenvalue weighted by atomic mass is 16.6. The van der Waals surface area contributed by atoms with Gasteiger partial charge in [-0.25, -0.2) is 0 Å². The number of hydrogen-bond donors (Lipinski definition) is 0. The maximum Gasteiger partial charge on any atom is 0.306 e. The predicted molar refractivity (Wildman–Crippen MR) is 284 cm³/mol. The zero-order chi connectivity index (χ0) is 47.9. The Bertz CT molecular complexity index is 1330. The summed E-state index contributed by atoms with van der Waals surface area (Å²) in [4.78, 5) is 38.0. The Morgan fingerprint density at radius 2 is 0.606 bits per heavy atom. The average molecular weight is 917 g/mol. The number of unbranched alkanes of at least 4 members (excludes halogenated alkanes) is 21. The van der Waals surface area contributed by atoms with Crippen molar-refractivity contribution in [1.82, 2.24) is 0 Å². The van der Waals surface area contributed by atoms with Crippen LogP contribution < -0.4 is 0 Å². The molecule has 0 aliphatic rings. The quantitative estimate of drug-likeness (QED) is 0.0262. The largest absolute Gasteiger partial charge is 0.462 e. The Morgan fingerprint density at radius 1 is 0.318 bits per heavy atom. The van der Waals surface area contributed by atoms with Crippen LogP contribution >= 0.6 is 0 Å². The van der Waals surface area contributed by atoms with Crippen LogP contribution in [-0.4, -0.2) is 37.2 Å². The molecular formula is C60H100O6. The van der Waals surface area contributed by atoms with E-state index in [1.807, 2.05) is 0 Å². The first-order valence-electron chi connectivity index (χ1n) is 27.2. The summed E-state index contributed by atoms with van der Waals surface area (Å²) in [5.74, 6) is -1.02. The number of carbonyl (C=O) groups is 3. The molecule has 0 saturated heterocycles. The maximum atomic E-state index is 12.8. The van der Waals surface area contributed by atoms with Gasteiger partial charge in [-0.3, -0.25) is 14.4 Å². The standard InChI is InChI=1S/C60H100O6/c1-4-7-10-13-16-19-22-25-27-29-30-32-33-35-38-41-44-47-50-53-59(62)65-56-57(55-64-58(61)52-49-46-43-40-37-24-21-18-15-12-9-6-3)66-60(63)54-51-48-45-42-39-36-34-31-28-26-23-20-17-14-11-8-5-2/h9,12,17-18,20-21,26,28-30,34,36-37,40,42,45,57H,4-8,10-11,13-16,19,22-25,27,31-33,35,38-39,41,43-44,46-56H2,1-3H3/b12-9-,20-17-,21-18-,28-26-,30-29-,36-34-,40-37-,45-42-. The summed E-state index contributed by atoms with van der Waals surface area (Å²) in [6.07, 6.45) is 71.2. The highest BCUT2D eigenvalue weighted by Gasteiger charge is 2.19. The lowest BCUT2D eigenvalue weighted by molar-refractivity contribution is -0.167.